The first-order valence-electron chi connectivity index (χ1n) is 7.07. The van der Waals surface area contributed by atoms with E-state index in [-0.39, 0.29) is 5.91 Å². The van der Waals surface area contributed by atoms with Crippen molar-refractivity contribution in [2.24, 2.45) is 0 Å². The van der Waals surface area contributed by atoms with Gasteiger partial charge in [-0.05, 0) is 18.2 Å². The van der Waals surface area contributed by atoms with Crippen LogP contribution in [0.4, 0.5) is 5.13 Å². The van der Waals surface area contributed by atoms with Gasteiger partial charge in [-0.25, -0.2) is 4.98 Å². The van der Waals surface area contributed by atoms with E-state index in [0.717, 1.165) is 21.5 Å². The number of pyridine rings is 1. The normalized spacial score (nSPS) is 10.9. The van der Waals surface area contributed by atoms with E-state index >= 15 is 0 Å². The highest BCUT2D eigenvalue weighted by Crippen LogP contribution is 2.35. The predicted octanol–water partition coefficient (Wildman–Crippen LogP) is 5.33. The third kappa shape index (κ3) is 2.80. The number of carbonyl (C=O) groups is 1. The molecule has 1 N–H and O–H groups in total. The molecule has 24 heavy (non-hydrogen) atoms. The lowest BCUT2D eigenvalue weighted by Crippen LogP contribution is -2.10. The average molecular weight is 372 g/mol. The van der Waals surface area contributed by atoms with Gasteiger partial charge in [-0.3, -0.25) is 15.1 Å². The summed E-state index contributed by atoms with van der Waals surface area (Å²) in [6.07, 6.45) is 1.71. The van der Waals surface area contributed by atoms with Gasteiger partial charge in [0.2, 0.25) is 0 Å². The van der Waals surface area contributed by atoms with E-state index in [1.165, 1.54) is 22.7 Å². The highest BCUT2D eigenvalue weighted by Gasteiger charge is 2.18. The van der Waals surface area contributed by atoms with Gasteiger partial charge in [-0.15, -0.1) is 22.7 Å². The fraction of sp³-hybridized carbons (Fsp3) is 0. The number of aromatic nitrogens is 2. The molecular formula is C17H10ClN3OS2. The monoisotopic (exact) mass is 371 g/mol. The van der Waals surface area contributed by atoms with Crippen molar-refractivity contribution in [2.45, 2.75) is 0 Å². The number of halogens is 1. The zero-order valence-electron chi connectivity index (χ0n) is 12.2. The number of nitrogens with zero attached hydrogens (tertiary/aromatic N) is 2. The molecule has 1 aromatic carbocycles. The largest absolute Gasteiger partial charge is 0.297 e. The lowest BCUT2D eigenvalue weighted by atomic mass is 10.2. The Morgan fingerprint density at radius 3 is 2.71 bits per heavy atom. The average Bonchev–Trinajstić information content (AvgIpc) is 3.21. The Balaban J connectivity index is 1.60. The third-order valence-corrected chi connectivity index (χ3v) is 5.83. The van der Waals surface area contributed by atoms with Gasteiger partial charge >= 0.3 is 0 Å². The van der Waals surface area contributed by atoms with Crippen molar-refractivity contribution < 1.29 is 4.79 Å². The first-order valence-corrected chi connectivity index (χ1v) is 9.15. The van der Waals surface area contributed by atoms with Crippen molar-refractivity contribution in [3.05, 3.63) is 63.9 Å². The number of hydrogen-bond acceptors (Lipinski definition) is 5. The van der Waals surface area contributed by atoms with Crippen LogP contribution in [-0.2, 0) is 0 Å². The van der Waals surface area contributed by atoms with Crippen LogP contribution in [0.5, 0.6) is 0 Å². The quantitative estimate of drug-likeness (QED) is 0.529. The van der Waals surface area contributed by atoms with Gasteiger partial charge in [0, 0.05) is 21.7 Å². The highest BCUT2D eigenvalue weighted by molar-refractivity contribution is 7.21. The molecule has 3 heterocycles. The number of benzene rings is 1. The number of nitrogens with one attached hydrogen (secondary N) is 1. The molecule has 118 valence electrons. The van der Waals surface area contributed by atoms with Crippen molar-refractivity contribution in [3.8, 4) is 11.4 Å². The highest BCUT2D eigenvalue weighted by atomic mass is 35.5. The molecule has 4 aromatic rings. The van der Waals surface area contributed by atoms with Crippen molar-refractivity contribution in [1.82, 2.24) is 9.97 Å². The summed E-state index contributed by atoms with van der Waals surface area (Å²) >= 11 is 9.08. The Bertz CT molecular complexity index is 1030. The minimum Gasteiger partial charge on any atom is -0.297 e. The molecule has 3 aromatic heterocycles. The van der Waals surface area contributed by atoms with Gasteiger partial charge < -0.3 is 0 Å². The van der Waals surface area contributed by atoms with Gasteiger partial charge in [0.05, 0.1) is 10.7 Å². The molecule has 0 atom stereocenters. The van der Waals surface area contributed by atoms with Gasteiger partial charge in [0.1, 0.15) is 10.6 Å². The number of hydrogen-bond donors (Lipinski definition) is 1. The van der Waals surface area contributed by atoms with E-state index in [4.69, 9.17) is 11.6 Å². The first kappa shape index (κ1) is 15.3. The van der Waals surface area contributed by atoms with Crippen molar-refractivity contribution in [1.29, 1.82) is 0 Å². The van der Waals surface area contributed by atoms with Gasteiger partial charge in [0.15, 0.2) is 5.13 Å². The molecule has 0 bridgehead atoms. The van der Waals surface area contributed by atoms with Crippen molar-refractivity contribution in [2.75, 3.05) is 5.32 Å². The number of carbonyl (C=O) groups excluding carboxylic acids is 1. The Morgan fingerprint density at radius 1 is 1.08 bits per heavy atom. The molecule has 0 saturated carbocycles. The summed E-state index contributed by atoms with van der Waals surface area (Å²) in [5, 5.41) is 6.58. The maximum absolute atomic E-state index is 12.5. The molecule has 0 saturated heterocycles. The predicted molar refractivity (Wildman–Crippen MR) is 100 cm³/mol. The Hall–Kier alpha value is -2.28. The summed E-state index contributed by atoms with van der Waals surface area (Å²) in [5.41, 5.74) is 1.51. The van der Waals surface area contributed by atoms with Crippen LogP contribution in [0, 0.1) is 0 Å². The molecule has 0 radical (unpaired) electrons. The molecule has 0 aliphatic rings. The van der Waals surface area contributed by atoms with Gasteiger partial charge in [0.25, 0.3) is 5.91 Å². The summed E-state index contributed by atoms with van der Waals surface area (Å²) in [4.78, 5) is 21.7. The van der Waals surface area contributed by atoms with E-state index in [1.807, 2.05) is 47.8 Å². The Morgan fingerprint density at radius 2 is 1.92 bits per heavy atom. The second-order valence-corrected chi connectivity index (χ2v) is 7.24. The maximum atomic E-state index is 12.5. The van der Waals surface area contributed by atoms with E-state index < -0.39 is 0 Å². The SMILES string of the molecule is O=C(Nc1nc(-c2ccccn2)cs1)c1sc2ccccc2c1Cl. The van der Waals surface area contributed by atoms with Crippen LogP contribution in [0.1, 0.15) is 9.67 Å². The van der Waals surface area contributed by atoms with Crippen LogP contribution in [0.25, 0.3) is 21.5 Å². The standard InChI is InChI=1S/C17H10ClN3OS2/c18-14-10-5-1-2-7-13(10)24-15(14)16(22)21-17-20-12(9-23-17)11-6-3-4-8-19-11/h1-9H,(H,20,21,22). The van der Waals surface area contributed by atoms with E-state index in [2.05, 4.69) is 15.3 Å². The van der Waals surface area contributed by atoms with Crippen LogP contribution >= 0.6 is 34.3 Å². The molecule has 0 unspecified atom stereocenters. The van der Waals surface area contributed by atoms with Crippen LogP contribution in [0.15, 0.2) is 54.0 Å². The zero-order valence-corrected chi connectivity index (χ0v) is 14.6. The zero-order chi connectivity index (χ0) is 16.5. The summed E-state index contributed by atoms with van der Waals surface area (Å²) < 4.78 is 0.987. The molecule has 4 nitrogen and oxygen atoms in total. The third-order valence-electron chi connectivity index (χ3n) is 3.39. The maximum Gasteiger partial charge on any atom is 0.269 e. The minimum absolute atomic E-state index is 0.247. The van der Waals surface area contributed by atoms with Gasteiger partial charge in [-0.2, -0.15) is 0 Å². The number of thiazole rings is 1. The molecule has 0 aliphatic carbocycles. The number of anilines is 1. The number of fused-ring (bicyclic) bond motifs is 1. The smallest absolute Gasteiger partial charge is 0.269 e. The molecule has 1 amide bonds. The summed E-state index contributed by atoms with van der Waals surface area (Å²) in [7, 11) is 0. The summed E-state index contributed by atoms with van der Waals surface area (Å²) in [5.74, 6) is -0.247. The molecule has 0 aliphatic heterocycles. The van der Waals surface area contributed by atoms with Crippen LogP contribution < -0.4 is 5.32 Å². The van der Waals surface area contributed by atoms with Crippen molar-refractivity contribution >= 4 is 55.4 Å². The molecular weight excluding hydrogens is 362 g/mol. The number of thiophene rings is 1. The van der Waals surface area contributed by atoms with Crippen LogP contribution in [0.2, 0.25) is 5.02 Å². The summed E-state index contributed by atoms with van der Waals surface area (Å²) in [6.45, 7) is 0. The lowest BCUT2D eigenvalue weighted by molar-refractivity contribution is 0.103. The topological polar surface area (TPSA) is 54.9 Å². The van der Waals surface area contributed by atoms with E-state index in [0.29, 0.717) is 15.0 Å². The van der Waals surface area contributed by atoms with E-state index in [9.17, 15) is 4.79 Å². The Labute approximate surface area is 150 Å². The molecule has 4 rings (SSSR count). The molecule has 0 spiro atoms. The summed E-state index contributed by atoms with van der Waals surface area (Å²) in [6, 6.07) is 13.3. The fourth-order valence-electron chi connectivity index (χ4n) is 2.28. The lowest BCUT2D eigenvalue weighted by Gasteiger charge is -1.99. The first-order chi connectivity index (χ1) is 11.7. The van der Waals surface area contributed by atoms with Crippen LogP contribution in [0.3, 0.4) is 0 Å². The van der Waals surface area contributed by atoms with Crippen LogP contribution in [-0.4, -0.2) is 15.9 Å². The second-order valence-electron chi connectivity index (χ2n) is 4.95. The Kier molecular flexibility index (Phi) is 4.02. The fourth-order valence-corrected chi connectivity index (χ4v) is 4.39. The second kappa shape index (κ2) is 6.32. The molecule has 0 fully saturated rings. The molecule has 7 heteroatoms. The van der Waals surface area contributed by atoms with Crippen molar-refractivity contribution in [3.63, 3.8) is 0 Å². The van der Waals surface area contributed by atoms with Gasteiger partial charge in [-0.1, -0.05) is 35.9 Å². The minimum atomic E-state index is -0.247. The number of rotatable bonds is 3. The number of amides is 1. The van der Waals surface area contributed by atoms with E-state index in [1.54, 1.807) is 6.20 Å².